The highest BCUT2D eigenvalue weighted by molar-refractivity contribution is 7.19. The summed E-state index contributed by atoms with van der Waals surface area (Å²) in [5, 5.41) is 4.08. The van der Waals surface area contributed by atoms with Crippen molar-refractivity contribution in [2.24, 2.45) is 0 Å². The van der Waals surface area contributed by atoms with E-state index in [0.29, 0.717) is 18.8 Å². The van der Waals surface area contributed by atoms with Crippen LogP contribution in [-0.2, 0) is 22.6 Å². The molecule has 5 nitrogen and oxygen atoms in total. The van der Waals surface area contributed by atoms with Crippen molar-refractivity contribution in [3.8, 4) is 0 Å². The average Bonchev–Trinajstić information content (AvgIpc) is 2.90. The first kappa shape index (κ1) is 19.3. The van der Waals surface area contributed by atoms with Crippen molar-refractivity contribution in [3.63, 3.8) is 0 Å². The quantitative estimate of drug-likeness (QED) is 0.648. The van der Waals surface area contributed by atoms with E-state index in [9.17, 15) is 9.59 Å². The molecule has 0 fully saturated rings. The number of hydrogen-bond donors (Lipinski definition) is 1. The highest BCUT2D eigenvalue weighted by Crippen LogP contribution is 2.31. The zero-order valence-electron chi connectivity index (χ0n) is 16.6. The molecule has 1 N–H and O–H groups in total. The standard InChI is InChI=1S/C23H23N3O2S/c1-15-18-7-3-4-8-19(18)29-20(15)14-26(2)22(28)11-10-16-12-17-6-5-9-21(27)25-23(17)24-13-16/h3-4,7-8,10-13H,5-6,9,14H2,1-2H3,(H,24,25,27). The molecule has 148 valence electrons. The Morgan fingerprint density at radius 1 is 1.31 bits per heavy atom. The summed E-state index contributed by atoms with van der Waals surface area (Å²) in [5.41, 5.74) is 3.12. The third kappa shape index (κ3) is 4.22. The van der Waals surface area contributed by atoms with Gasteiger partial charge >= 0.3 is 0 Å². The molecule has 0 spiro atoms. The van der Waals surface area contributed by atoms with Gasteiger partial charge in [-0.05, 0) is 60.1 Å². The molecule has 0 saturated carbocycles. The number of anilines is 1. The number of hydrogen-bond acceptors (Lipinski definition) is 4. The molecule has 1 aliphatic rings. The van der Waals surface area contributed by atoms with E-state index in [-0.39, 0.29) is 11.8 Å². The third-order valence-corrected chi connectivity index (χ3v) is 6.47. The summed E-state index contributed by atoms with van der Waals surface area (Å²) in [6, 6.07) is 10.3. The Bertz CT molecular complexity index is 1120. The maximum atomic E-state index is 12.6. The van der Waals surface area contributed by atoms with E-state index in [2.05, 4.69) is 29.4 Å². The fourth-order valence-electron chi connectivity index (χ4n) is 3.52. The summed E-state index contributed by atoms with van der Waals surface area (Å²) in [4.78, 5) is 31.5. The summed E-state index contributed by atoms with van der Waals surface area (Å²) in [6.45, 7) is 2.70. The lowest BCUT2D eigenvalue weighted by molar-refractivity contribution is -0.125. The van der Waals surface area contributed by atoms with E-state index in [4.69, 9.17) is 0 Å². The number of thiophene rings is 1. The van der Waals surface area contributed by atoms with Crippen LogP contribution in [0.25, 0.3) is 16.2 Å². The van der Waals surface area contributed by atoms with Crippen LogP contribution < -0.4 is 5.32 Å². The first-order chi connectivity index (χ1) is 14.0. The van der Waals surface area contributed by atoms with Gasteiger partial charge in [0.1, 0.15) is 5.82 Å². The Kier molecular flexibility index (Phi) is 5.45. The second-order valence-electron chi connectivity index (χ2n) is 7.35. The fourth-order valence-corrected chi connectivity index (χ4v) is 4.79. The average molecular weight is 406 g/mol. The Hall–Kier alpha value is -2.99. The largest absolute Gasteiger partial charge is 0.337 e. The number of likely N-dealkylation sites (N-methyl/N-ethyl adjacent to an activating group) is 1. The van der Waals surface area contributed by atoms with Crippen molar-refractivity contribution >= 4 is 45.1 Å². The first-order valence-corrected chi connectivity index (χ1v) is 10.5. The number of aryl methyl sites for hydroxylation is 2. The van der Waals surface area contributed by atoms with Crippen LogP contribution >= 0.6 is 11.3 Å². The number of carbonyl (C=O) groups is 2. The molecule has 1 aromatic carbocycles. The van der Waals surface area contributed by atoms with Gasteiger partial charge in [0.25, 0.3) is 0 Å². The van der Waals surface area contributed by atoms with Crippen LogP contribution in [0, 0.1) is 6.92 Å². The van der Waals surface area contributed by atoms with E-state index in [0.717, 1.165) is 24.0 Å². The minimum Gasteiger partial charge on any atom is -0.337 e. The molecule has 3 aromatic rings. The summed E-state index contributed by atoms with van der Waals surface area (Å²) in [5.74, 6) is 0.589. The molecule has 1 aliphatic heterocycles. The molecule has 0 bridgehead atoms. The molecule has 0 radical (unpaired) electrons. The number of pyridine rings is 1. The molecule has 2 aromatic heterocycles. The number of nitrogens with zero attached hydrogens (tertiary/aromatic N) is 2. The van der Waals surface area contributed by atoms with Gasteiger partial charge in [-0.3, -0.25) is 9.59 Å². The molecular weight excluding hydrogens is 382 g/mol. The maximum absolute atomic E-state index is 12.6. The van der Waals surface area contributed by atoms with E-state index < -0.39 is 0 Å². The van der Waals surface area contributed by atoms with Gasteiger partial charge in [0.2, 0.25) is 11.8 Å². The van der Waals surface area contributed by atoms with Gasteiger partial charge < -0.3 is 10.2 Å². The van der Waals surface area contributed by atoms with Gasteiger partial charge in [-0.1, -0.05) is 18.2 Å². The lowest BCUT2D eigenvalue weighted by Crippen LogP contribution is -2.23. The highest BCUT2D eigenvalue weighted by atomic mass is 32.1. The zero-order chi connectivity index (χ0) is 20.4. The lowest BCUT2D eigenvalue weighted by atomic mass is 10.1. The van der Waals surface area contributed by atoms with E-state index >= 15 is 0 Å². The predicted octanol–water partition coefficient (Wildman–Crippen LogP) is 4.55. The van der Waals surface area contributed by atoms with Gasteiger partial charge in [0, 0.05) is 35.3 Å². The van der Waals surface area contributed by atoms with Crippen molar-refractivity contribution in [2.75, 3.05) is 12.4 Å². The number of rotatable bonds is 4. The summed E-state index contributed by atoms with van der Waals surface area (Å²) in [7, 11) is 1.82. The lowest BCUT2D eigenvalue weighted by Gasteiger charge is -2.14. The van der Waals surface area contributed by atoms with Crippen LogP contribution in [0.15, 0.2) is 42.6 Å². The van der Waals surface area contributed by atoms with Crippen molar-refractivity contribution in [1.82, 2.24) is 9.88 Å². The molecule has 3 heterocycles. The SMILES string of the molecule is Cc1c(CN(C)C(=O)C=Cc2cnc3c(c2)CCCC(=O)N3)sc2ccccc12. The van der Waals surface area contributed by atoms with Crippen molar-refractivity contribution in [3.05, 3.63) is 64.2 Å². The third-order valence-electron chi connectivity index (χ3n) is 5.21. The Balaban J connectivity index is 1.45. The van der Waals surface area contributed by atoms with Crippen LogP contribution in [0.5, 0.6) is 0 Å². The van der Waals surface area contributed by atoms with Crippen molar-refractivity contribution in [1.29, 1.82) is 0 Å². The molecule has 0 unspecified atom stereocenters. The van der Waals surface area contributed by atoms with Crippen LogP contribution in [0.1, 0.15) is 34.4 Å². The second kappa shape index (κ2) is 8.17. The molecule has 29 heavy (non-hydrogen) atoms. The Morgan fingerprint density at radius 3 is 2.97 bits per heavy atom. The fraction of sp³-hybridized carbons (Fsp3) is 0.261. The maximum Gasteiger partial charge on any atom is 0.246 e. The van der Waals surface area contributed by atoms with E-state index in [1.165, 1.54) is 20.5 Å². The minimum atomic E-state index is -0.0508. The van der Waals surface area contributed by atoms with E-state index in [1.54, 1.807) is 34.6 Å². The normalized spacial score (nSPS) is 13.9. The predicted molar refractivity (Wildman–Crippen MR) is 118 cm³/mol. The van der Waals surface area contributed by atoms with E-state index in [1.807, 2.05) is 25.2 Å². The summed E-state index contributed by atoms with van der Waals surface area (Å²) in [6.07, 6.45) is 7.19. The van der Waals surface area contributed by atoms with Crippen LogP contribution in [-0.4, -0.2) is 28.7 Å². The van der Waals surface area contributed by atoms with Gasteiger partial charge in [-0.15, -0.1) is 11.3 Å². The molecular formula is C23H23N3O2S. The van der Waals surface area contributed by atoms with Gasteiger partial charge in [-0.2, -0.15) is 0 Å². The number of amides is 2. The van der Waals surface area contributed by atoms with Gasteiger partial charge in [-0.25, -0.2) is 4.98 Å². The van der Waals surface area contributed by atoms with Crippen molar-refractivity contribution < 1.29 is 9.59 Å². The van der Waals surface area contributed by atoms with Gasteiger partial charge in [0.05, 0.1) is 6.54 Å². The number of nitrogens with one attached hydrogen (secondary N) is 1. The molecule has 4 rings (SSSR count). The molecule has 0 atom stereocenters. The summed E-state index contributed by atoms with van der Waals surface area (Å²) < 4.78 is 1.25. The smallest absolute Gasteiger partial charge is 0.246 e. The topological polar surface area (TPSA) is 62.3 Å². The van der Waals surface area contributed by atoms with Crippen LogP contribution in [0.4, 0.5) is 5.82 Å². The molecule has 0 saturated heterocycles. The van der Waals surface area contributed by atoms with Crippen LogP contribution in [0.3, 0.4) is 0 Å². The minimum absolute atomic E-state index is 0.00729. The Morgan fingerprint density at radius 2 is 2.14 bits per heavy atom. The zero-order valence-corrected chi connectivity index (χ0v) is 17.4. The number of fused-ring (bicyclic) bond motifs is 2. The van der Waals surface area contributed by atoms with Crippen LogP contribution in [0.2, 0.25) is 0 Å². The summed E-state index contributed by atoms with van der Waals surface area (Å²) >= 11 is 1.74. The Labute approximate surface area is 174 Å². The number of aromatic nitrogens is 1. The van der Waals surface area contributed by atoms with Gasteiger partial charge in [0.15, 0.2) is 0 Å². The number of benzene rings is 1. The second-order valence-corrected chi connectivity index (χ2v) is 8.49. The highest BCUT2D eigenvalue weighted by Gasteiger charge is 2.15. The molecule has 2 amide bonds. The molecule has 6 heteroatoms. The first-order valence-electron chi connectivity index (χ1n) is 9.70. The number of carbonyl (C=O) groups excluding carboxylic acids is 2. The van der Waals surface area contributed by atoms with Crippen molar-refractivity contribution in [2.45, 2.75) is 32.7 Å². The monoisotopic (exact) mass is 405 g/mol. The molecule has 0 aliphatic carbocycles.